The molecule has 4 N–H and O–H groups in total. The summed E-state index contributed by atoms with van der Waals surface area (Å²) < 4.78 is 0. The number of rotatable bonds is 7. The van der Waals surface area contributed by atoms with Crippen LogP contribution in [0.5, 0.6) is 0 Å². The summed E-state index contributed by atoms with van der Waals surface area (Å²) >= 11 is 0. The van der Waals surface area contributed by atoms with Gasteiger partial charge in [0.15, 0.2) is 5.78 Å². The van der Waals surface area contributed by atoms with E-state index in [1.807, 2.05) is 0 Å². The Balaban J connectivity index is 1.94. The highest BCUT2D eigenvalue weighted by Crippen LogP contribution is 2.59. The van der Waals surface area contributed by atoms with Gasteiger partial charge in [-0.3, -0.25) is 4.79 Å². The molecule has 0 amide bonds. The SMILES string of the molecule is CC(C)C/C=C/[C@@H](C)[C@H]1CC[C@@H](C2=C[C@H](O)[C@@]3(O)C[C@@H](O)CC[C@]3(C)C2=O)[C@]1(C)CCO. The summed E-state index contributed by atoms with van der Waals surface area (Å²) in [6.07, 6.45) is 8.49. The van der Waals surface area contributed by atoms with E-state index in [2.05, 4.69) is 39.8 Å². The summed E-state index contributed by atoms with van der Waals surface area (Å²) in [5, 5.41) is 42.4. The van der Waals surface area contributed by atoms with Gasteiger partial charge in [-0.25, -0.2) is 0 Å². The summed E-state index contributed by atoms with van der Waals surface area (Å²) in [7, 11) is 0. The zero-order valence-electron chi connectivity index (χ0n) is 20.6. The minimum atomic E-state index is -1.64. The number of ketones is 1. The van der Waals surface area contributed by atoms with E-state index < -0.39 is 23.2 Å². The quantitative estimate of drug-likeness (QED) is 0.444. The second kappa shape index (κ2) is 9.32. The fraction of sp³-hybridized carbons (Fsp3) is 0.815. The minimum absolute atomic E-state index is 0.0130. The first-order valence-electron chi connectivity index (χ1n) is 12.5. The normalized spacial score (nSPS) is 43.6. The van der Waals surface area contributed by atoms with Crippen molar-refractivity contribution in [2.45, 2.75) is 97.4 Å². The fourth-order valence-electron chi connectivity index (χ4n) is 7.03. The highest BCUT2D eigenvalue weighted by molar-refractivity contribution is 6.02. The average molecular weight is 449 g/mol. The smallest absolute Gasteiger partial charge is 0.167 e. The number of Topliss-reactive ketones (excluding diaryl/α,β-unsaturated/α-hetero) is 1. The molecule has 0 aromatic rings. The lowest BCUT2D eigenvalue weighted by Crippen LogP contribution is -2.65. The predicted molar refractivity (Wildman–Crippen MR) is 126 cm³/mol. The molecule has 3 aliphatic rings. The molecule has 5 nitrogen and oxygen atoms in total. The van der Waals surface area contributed by atoms with Crippen molar-refractivity contribution >= 4 is 5.78 Å². The second-order valence-corrected chi connectivity index (χ2v) is 11.7. The van der Waals surface area contributed by atoms with Gasteiger partial charge in [-0.1, -0.05) is 39.8 Å². The molecular weight excluding hydrogens is 404 g/mol. The Bertz CT molecular complexity index is 757. The van der Waals surface area contributed by atoms with Crippen molar-refractivity contribution in [3.8, 4) is 0 Å². The van der Waals surface area contributed by atoms with Gasteiger partial charge in [0, 0.05) is 13.0 Å². The Labute approximate surface area is 193 Å². The number of carbonyl (C=O) groups is 1. The van der Waals surface area contributed by atoms with Crippen LogP contribution in [0, 0.1) is 34.5 Å². The Hall–Kier alpha value is -1.01. The van der Waals surface area contributed by atoms with Crippen LogP contribution >= 0.6 is 0 Å². The first kappa shape index (κ1) is 25.6. The maximum absolute atomic E-state index is 13.8. The number of fused-ring (bicyclic) bond motifs is 1. The van der Waals surface area contributed by atoms with Crippen molar-refractivity contribution in [3.63, 3.8) is 0 Å². The van der Waals surface area contributed by atoms with Crippen molar-refractivity contribution in [2.75, 3.05) is 6.61 Å². The number of allylic oxidation sites excluding steroid dienone is 3. The molecule has 0 heterocycles. The van der Waals surface area contributed by atoms with Gasteiger partial charge in [-0.05, 0) is 86.2 Å². The first-order valence-corrected chi connectivity index (χ1v) is 12.5. The fourth-order valence-corrected chi connectivity index (χ4v) is 7.03. The van der Waals surface area contributed by atoms with E-state index in [9.17, 15) is 25.2 Å². The molecule has 0 unspecified atom stereocenters. The Kier molecular flexibility index (Phi) is 7.46. The average Bonchev–Trinajstić information content (AvgIpc) is 3.04. The number of aliphatic hydroxyl groups is 4. The van der Waals surface area contributed by atoms with E-state index >= 15 is 0 Å². The molecule has 32 heavy (non-hydrogen) atoms. The van der Waals surface area contributed by atoms with Gasteiger partial charge in [-0.2, -0.15) is 0 Å². The molecule has 0 radical (unpaired) electrons. The molecular formula is C27H44O5. The molecule has 0 aromatic carbocycles. The molecule has 0 bridgehead atoms. The summed E-state index contributed by atoms with van der Waals surface area (Å²) in [4.78, 5) is 13.8. The van der Waals surface area contributed by atoms with Crippen LogP contribution in [0.25, 0.3) is 0 Å². The van der Waals surface area contributed by atoms with Gasteiger partial charge in [-0.15, -0.1) is 0 Å². The van der Waals surface area contributed by atoms with Crippen molar-refractivity contribution in [2.24, 2.45) is 34.5 Å². The molecule has 5 heteroatoms. The molecule has 0 aromatic heterocycles. The molecule has 8 atom stereocenters. The van der Waals surface area contributed by atoms with E-state index in [0.717, 1.165) is 19.3 Å². The van der Waals surface area contributed by atoms with E-state index in [4.69, 9.17) is 0 Å². The molecule has 2 saturated carbocycles. The first-order chi connectivity index (χ1) is 14.9. The predicted octanol–water partition coefficient (Wildman–Crippen LogP) is 3.79. The van der Waals surface area contributed by atoms with Gasteiger partial charge in [0.1, 0.15) is 11.7 Å². The third kappa shape index (κ3) is 4.15. The summed E-state index contributed by atoms with van der Waals surface area (Å²) in [5.41, 5.74) is -2.38. The van der Waals surface area contributed by atoms with Crippen LogP contribution < -0.4 is 0 Å². The van der Waals surface area contributed by atoms with Crippen molar-refractivity contribution in [1.82, 2.24) is 0 Å². The summed E-state index contributed by atoms with van der Waals surface area (Å²) in [5.74, 6) is 1.12. The number of hydrogen-bond acceptors (Lipinski definition) is 5. The van der Waals surface area contributed by atoms with Crippen LogP contribution in [0.15, 0.2) is 23.8 Å². The molecule has 0 spiro atoms. The van der Waals surface area contributed by atoms with Gasteiger partial charge in [0.05, 0.1) is 11.5 Å². The standard InChI is InChI=1S/C27H44O5/c1-17(2)7-6-8-18(3)21-9-10-22(25(21,4)13-14-28)20-15-23(30)27(32)16-19(29)11-12-26(27,5)24(20)31/h6,8,15,17-19,21-23,28-30,32H,7,9-14,16H2,1-5H3/b8-6+/t18-,19+,21-,22+,23+,25-,26-,27+/m1/s1. The summed E-state index contributed by atoms with van der Waals surface area (Å²) in [6.45, 7) is 10.6. The number of aliphatic hydroxyl groups excluding tert-OH is 3. The van der Waals surface area contributed by atoms with E-state index in [1.54, 1.807) is 13.0 Å². The largest absolute Gasteiger partial charge is 0.396 e. The lowest BCUT2D eigenvalue weighted by atomic mass is 9.53. The number of hydrogen-bond donors (Lipinski definition) is 4. The third-order valence-electron chi connectivity index (χ3n) is 9.19. The van der Waals surface area contributed by atoms with Gasteiger partial charge >= 0.3 is 0 Å². The van der Waals surface area contributed by atoms with Crippen LogP contribution in [0.1, 0.15) is 79.6 Å². The van der Waals surface area contributed by atoms with Crippen molar-refractivity contribution in [3.05, 3.63) is 23.8 Å². The van der Waals surface area contributed by atoms with Crippen LogP contribution in [0.3, 0.4) is 0 Å². The van der Waals surface area contributed by atoms with Gasteiger partial charge in [0.25, 0.3) is 0 Å². The van der Waals surface area contributed by atoms with Crippen molar-refractivity contribution in [1.29, 1.82) is 0 Å². The topological polar surface area (TPSA) is 98.0 Å². The van der Waals surface area contributed by atoms with E-state index in [-0.39, 0.29) is 30.1 Å². The Morgan fingerprint density at radius 3 is 2.47 bits per heavy atom. The highest BCUT2D eigenvalue weighted by Gasteiger charge is 2.63. The maximum Gasteiger partial charge on any atom is 0.167 e. The van der Waals surface area contributed by atoms with Crippen LogP contribution in [-0.2, 0) is 4.79 Å². The van der Waals surface area contributed by atoms with Gasteiger partial charge in [0.2, 0.25) is 0 Å². The monoisotopic (exact) mass is 448 g/mol. The van der Waals surface area contributed by atoms with Crippen LogP contribution in [-0.4, -0.2) is 50.6 Å². The lowest BCUT2D eigenvalue weighted by molar-refractivity contribution is -0.191. The van der Waals surface area contributed by atoms with Crippen LogP contribution in [0.4, 0.5) is 0 Å². The Morgan fingerprint density at radius 1 is 1.16 bits per heavy atom. The molecule has 182 valence electrons. The molecule has 2 fully saturated rings. The highest BCUT2D eigenvalue weighted by atomic mass is 16.3. The van der Waals surface area contributed by atoms with E-state index in [0.29, 0.717) is 42.6 Å². The molecule has 0 aliphatic heterocycles. The maximum atomic E-state index is 13.8. The lowest BCUT2D eigenvalue weighted by Gasteiger charge is -2.54. The molecule has 3 rings (SSSR count). The van der Waals surface area contributed by atoms with Crippen LogP contribution in [0.2, 0.25) is 0 Å². The Morgan fingerprint density at radius 2 is 1.84 bits per heavy atom. The van der Waals surface area contributed by atoms with Gasteiger partial charge < -0.3 is 20.4 Å². The third-order valence-corrected chi connectivity index (χ3v) is 9.19. The molecule has 0 saturated heterocycles. The number of carbonyl (C=O) groups excluding carboxylic acids is 1. The van der Waals surface area contributed by atoms with E-state index in [1.165, 1.54) is 0 Å². The molecule has 3 aliphatic carbocycles. The second-order valence-electron chi connectivity index (χ2n) is 11.7. The zero-order valence-corrected chi connectivity index (χ0v) is 20.6. The van der Waals surface area contributed by atoms with Crippen molar-refractivity contribution < 1.29 is 25.2 Å². The summed E-state index contributed by atoms with van der Waals surface area (Å²) in [6, 6.07) is 0. The zero-order chi connectivity index (χ0) is 23.9. The minimum Gasteiger partial charge on any atom is -0.396 e.